The van der Waals surface area contributed by atoms with Crippen LogP contribution in [0.15, 0.2) is 60.8 Å². The van der Waals surface area contributed by atoms with E-state index in [0.29, 0.717) is 10.7 Å². The molecule has 1 aromatic heterocycles. The van der Waals surface area contributed by atoms with Gasteiger partial charge in [-0.15, -0.1) is 0 Å². The lowest BCUT2D eigenvalue weighted by Crippen LogP contribution is -2.44. The van der Waals surface area contributed by atoms with Gasteiger partial charge in [-0.3, -0.25) is 0 Å². The van der Waals surface area contributed by atoms with Crippen LogP contribution in [0, 0.1) is 19.7 Å². The number of fused-ring (bicyclic) bond motifs is 1. The summed E-state index contributed by atoms with van der Waals surface area (Å²) in [7, 11) is 0. The quantitative estimate of drug-likeness (QED) is 0.630. The lowest BCUT2D eigenvalue weighted by molar-refractivity contribution is 0.288. The molecule has 3 nitrogen and oxygen atoms in total. The molecule has 0 saturated heterocycles. The van der Waals surface area contributed by atoms with Crippen LogP contribution in [0.1, 0.15) is 28.4 Å². The van der Waals surface area contributed by atoms with Crippen molar-refractivity contribution in [2.45, 2.75) is 26.4 Å². The molecule has 3 aromatic rings. The summed E-state index contributed by atoms with van der Waals surface area (Å²) in [6.07, 6.45) is 2.04. The number of anilines is 1. The molecular weight excluding hydrogens is 357 g/mol. The first-order valence-corrected chi connectivity index (χ1v) is 9.50. The summed E-state index contributed by atoms with van der Waals surface area (Å²) in [6, 6.07) is 17.0. The van der Waals surface area contributed by atoms with E-state index in [1.165, 1.54) is 11.6 Å². The van der Waals surface area contributed by atoms with E-state index in [1.54, 1.807) is 6.07 Å². The number of aromatic nitrogens is 1. The Morgan fingerprint density at radius 1 is 1.07 bits per heavy atom. The Bertz CT molecular complexity index is 995. The fourth-order valence-electron chi connectivity index (χ4n) is 3.68. The highest BCUT2D eigenvalue weighted by Crippen LogP contribution is 2.34. The number of rotatable bonds is 2. The van der Waals surface area contributed by atoms with Gasteiger partial charge in [0.05, 0.1) is 6.04 Å². The molecule has 5 heteroatoms. The summed E-state index contributed by atoms with van der Waals surface area (Å²) in [6.45, 7) is 5.66. The second kappa shape index (κ2) is 7.16. The maximum Gasteiger partial charge on any atom is 0.174 e. The SMILES string of the molecule is Cc1ccc(C)c(NC(=S)N2CCn3cccc3[C@@H]2c2ccccc2F)c1. The summed E-state index contributed by atoms with van der Waals surface area (Å²) in [4.78, 5) is 2.09. The van der Waals surface area contributed by atoms with Gasteiger partial charge in [0.2, 0.25) is 0 Å². The average Bonchev–Trinajstić information content (AvgIpc) is 3.13. The summed E-state index contributed by atoms with van der Waals surface area (Å²) in [5.74, 6) is -0.211. The van der Waals surface area contributed by atoms with E-state index >= 15 is 0 Å². The monoisotopic (exact) mass is 379 g/mol. The van der Waals surface area contributed by atoms with Gasteiger partial charge in [-0.05, 0) is 61.5 Å². The molecule has 0 radical (unpaired) electrons. The van der Waals surface area contributed by atoms with Crippen LogP contribution in [0.5, 0.6) is 0 Å². The zero-order valence-electron chi connectivity index (χ0n) is 15.4. The van der Waals surface area contributed by atoms with E-state index in [0.717, 1.165) is 30.0 Å². The Balaban J connectivity index is 1.71. The molecule has 1 atom stereocenters. The number of nitrogens with zero attached hydrogens (tertiary/aromatic N) is 2. The smallest absolute Gasteiger partial charge is 0.174 e. The summed E-state index contributed by atoms with van der Waals surface area (Å²) < 4.78 is 16.8. The lowest BCUT2D eigenvalue weighted by Gasteiger charge is -2.39. The number of halogens is 1. The first-order valence-electron chi connectivity index (χ1n) is 9.09. The van der Waals surface area contributed by atoms with Gasteiger partial charge in [0.15, 0.2) is 5.11 Å². The molecule has 138 valence electrons. The van der Waals surface area contributed by atoms with E-state index in [4.69, 9.17) is 12.2 Å². The molecule has 1 N–H and O–H groups in total. The molecular formula is C22H22FN3S. The van der Waals surface area contributed by atoms with Crippen LogP contribution in [0.3, 0.4) is 0 Å². The molecule has 0 saturated carbocycles. The van der Waals surface area contributed by atoms with E-state index in [-0.39, 0.29) is 11.9 Å². The highest BCUT2D eigenvalue weighted by atomic mass is 32.1. The predicted octanol–water partition coefficient (Wildman–Crippen LogP) is 5.05. The zero-order valence-corrected chi connectivity index (χ0v) is 16.3. The average molecular weight is 380 g/mol. The molecule has 0 fully saturated rings. The highest BCUT2D eigenvalue weighted by molar-refractivity contribution is 7.80. The van der Waals surface area contributed by atoms with E-state index in [1.807, 2.05) is 30.5 Å². The van der Waals surface area contributed by atoms with Gasteiger partial charge in [0.25, 0.3) is 0 Å². The zero-order chi connectivity index (χ0) is 19.0. The minimum absolute atomic E-state index is 0.211. The van der Waals surface area contributed by atoms with Crippen LogP contribution in [-0.2, 0) is 6.54 Å². The van der Waals surface area contributed by atoms with Gasteiger partial charge in [-0.25, -0.2) is 4.39 Å². The third-order valence-electron chi connectivity index (χ3n) is 5.13. The first kappa shape index (κ1) is 17.7. The second-order valence-electron chi connectivity index (χ2n) is 6.99. The topological polar surface area (TPSA) is 20.2 Å². The predicted molar refractivity (Wildman–Crippen MR) is 112 cm³/mol. The maximum atomic E-state index is 14.7. The van der Waals surface area contributed by atoms with Crippen molar-refractivity contribution in [1.82, 2.24) is 9.47 Å². The third-order valence-corrected chi connectivity index (χ3v) is 5.47. The first-order chi connectivity index (χ1) is 13.0. The molecule has 4 rings (SSSR count). The van der Waals surface area contributed by atoms with E-state index < -0.39 is 0 Å². The van der Waals surface area contributed by atoms with Crippen LogP contribution >= 0.6 is 12.2 Å². The Kier molecular flexibility index (Phi) is 4.70. The molecule has 1 aliphatic heterocycles. The standard InChI is InChI=1S/C22H22FN3S/c1-15-9-10-16(2)19(14-15)24-22(27)26-13-12-25-11-5-8-20(25)21(26)17-6-3-4-7-18(17)23/h3-11,14,21H,12-13H2,1-2H3,(H,24,27)/t21-/m0/s1. The number of benzene rings is 2. The summed E-state index contributed by atoms with van der Waals surface area (Å²) in [5.41, 5.74) is 4.99. The summed E-state index contributed by atoms with van der Waals surface area (Å²) >= 11 is 5.77. The molecule has 27 heavy (non-hydrogen) atoms. The molecule has 2 aromatic carbocycles. The molecule has 0 bridgehead atoms. The van der Waals surface area contributed by atoms with E-state index in [2.05, 4.69) is 46.8 Å². The molecule has 1 aliphatic rings. The van der Waals surface area contributed by atoms with Crippen molar-refractivity contribution in [3.8, 4) is 0 Å². The molecule has 2 heterocycles. The number of hydrogen-bond acceptors (Lipinski definition) is 1. The Labute approximate surface area is 164 Å². The lowest BCUT2D eigenvalue weighted by atomic mass is 9.99. The minimum Gasteiger partial charge on any atom is -0.348 e. The Morgan fingerprint density at radius 3 is 2.70 bits per heavy atom. The van der Waals surface area contributed by atoms with Gasteiger partial charge in [-0.2, -0.15) is 0 Å². The maximum absolute atomic E-state index is 14.7. The number of nitrogens with one attached hydrogen (secondary N) is 1. The van der Waals surface area contributed by atoms with Crippen LogP contribution in [-0.4, -0.2) is 21.1 Å². The molecule has 0 unspecified atom stereocenters. The van der Waals surface area contributed by atoms with Gasteiger partial charge >= 0.3 is 0 Å². The van der Waals surface area contributed by atoms with Gasteiger partial charge in [0.1, 0.15) is 5.82 Å². The molecule has 0 amide bonds. The Morgan fingerprint density at radius 2 is 1.89 bits per heavy atom. The molecule has 0 aliphatic carbocycles. The minimum atomic E-state index is -0.250. The van der Waals surface area contributed by atoms with Crippen LogP contribution in [0.4, 0.5) is 10.1 Å². The fourth-order valence-corrected chi connectivity index (χ4v) is 3.99. The second-order valence-corrected chi connectivity index (χ2v) is 7.38. The Hall–Kier alpha value is -2.66. The highest BCUT2D eigenvalue weighted by Gasteiger charge is 2.32. The normalized spacial score (nSPS) is 16.1. The van der Waals surface area contributed by atoms with Crippen molar-refractivity contribution in [1.29, 1.82) is 0 Å². The van der Waals surface area contributed by atoms with Crippen LogP contribution in [0.2, 0.25) is 0 Å². The number of aryl methyl sites for hydroxylation is 2. The van der Waals surface area contributed by atoms with Crippen LogP contribution in [0.25, 0.3) is 0 Å². The third kappa shape index (κ3) is 3.35. The van der Waals surface area contributed by atoms with Crippen molar-refractivity contribution in [2.24, 2.45) is 0 Å². The van der Waals surface area contributed by atoms with Gasteiger partial charge in [0, 0.05) is 36.2 Å². The van der Waals surface area contributed by atoms with Crippen molar-refractivity contribution in [3.05, 3.63) is 89.0 Å². The van der Waals surface area contributed by atoms with Gasteiger partial charge < -0.3 is 14.8 Å². The van der Waals surface area contributed by atoms with Crippen LogP contribution < -0.4 is 5.32 Å². The largest absolute Gasteiger partial charge is 0.348 e. The van der Waals surface area contributed by atoms with E-state index in [9.17, 15) is 4.39 Å². The van der Waals surface area contributed by atoms with Gasteiger partial charge in [-0.1, -0.05) is 30.3 Å². The summed E-state index contributed by atoms with van der Waals surface area (Å²) in [5, 5.41) is 4.00. The van der Waals surface area contributed by atoms with Crippen molar-refractivity contribution >= 4 is 23.0 Å². The molecule has 0 spiro atoms. The van der Waals surface area contributed by atoms with Crippen molar-refractivity contribution in [2.75, 3.05) is 11.9 Å². The fraction of sp³-hybridized carbons (Fsp3) is 0.227. The van der Waals surface area contributed by atoms with Crippen molar-refractivity contribution < 1.29 is 4.39 Å². The number of hydrogen-bond donors (Lipinski definition) is 1. The van der Waals surface area contributed by atoms with Crippen molar-refractivity contribution in [3.63, 3.8) is 0 Å². The number of thiocarbonyl (C=S) groups is 1.